The Morgan fingerprint density at radius 1 is 1.53 bits per heavy atom. The van der Waals surface area contributed by atoms with Gasteiger partial charge in [0.25, 0.3) is 5.91 Å². The molecule has 0 bridgehead atoms. The maximum absolute atomic E-state index is 12.5. The predicted octanol–water partition coefficient (Wildman–Crippen LogP) is 1.27. The van der Waals surface area contributed by atoms with Crippen LogP contribution in [0.5, 0.6) is 0 Å². The van der Waals surface area contributed by atoms with Crippen LogP contribution in [0.2, 0.25) is 0 Å². The molecule has 1 saturated heterocycles. The summed E-state index contributed by atoms with van der Waals surface area (Å²) < 4.78 is 1.68. The van der Waals surface area contributed by atoms with Crippen LogP contribution in [0.3, 0.4) is 0 Å². The van der Waals surface area contributed by atoms with Crippen LogP contribution in [-0.2, 0) is 7.05 Å². The molecule has 1 fully saturated rings. The summed E-state index contributed by atoms with van der Waals surface area (Å²) in [6.07, 6.45) is 5.14. The topological polar surface area (TPSA) is 50.2 Å². The van der Waals surface area contributed by atoms with Crippen molar-refractivity contribution in [3.8, 4) is 0 Å². The van der Waals surface area contributed by atoms with Gasteiger partial charge in [0, 0.05) is 26.3 Å². The van der Waals surface area contributed by atoms with Crippen molar-refractivity contribution in [2.75, 3.05) is 26.2 Å². The lowest BCUT2D eigenvalue weighted by molar-refractivity contribution is 0.0709. The Balaban J connectivity index is 1.99. The van der Waals surface area contributed by atoms with Crippen molar-refractivity contribution < 1.29 is 4.79 Å². The van der Waals surface area contributed by atoms with E-state index in [1.807, 2.05) is 18.1 Å². The largest absolute Gasteiger partial charge is 0.337 e. The average Bonchev–Trinajstić information content (AvgIpc) is 2.85. The minimum atomic E-state index is 0.0704. The van der Waals surface area contributed by atoms with Crippen LogP contribution in [-0.4, -0.2) is 46.8 Å². The van der Waals surface area contributed by atoms with Crippen LogP contribution >= 0.6 is 0 Å². The number of aromatic nitrogens is 2. The van der Waals surface area contributed by atoms with Gasteiger partial charge in [0.15, 0.2) is 0 Å². The molecular formula is C14H24N4O. The zero-order valence-corrected chi connectivity index (χ0v) is 11.9. The number of hydrogen-bond donors (Lipinski definition) is 1. The third kappa shape index (κ3) is 3.80. The highest BCUT2D eigenvalue weighted by Gasteiger charge is 2.22. The van der Waals surface area contributed by atoms with E-state index in [0.29, 0.717) is 11.6 Å². The van der Waals surface area contributed by atoms with Gasteiger partial charge in [-0.3, -0.25) is 9.48 Å². The second-order valence-corrected chi connectivity index (χ2v) is 5.32. The van der Waals surface area contributed by atoms with Gasteiger partial charge in [-0.1, -0.05) is 6.92 Å². The van der Waals surface area contributed by atoms with Crippen LogP contribution in [0.15, 0.2) is 12.3 Å². The van der Waals surface area contributed by atoms with Crippen molar-refractivity contribution in [1.29, 1.82) is 0 Å². The average molecular weight is 264 g/mol. The van der Waals surface area contributed by atoms with E-state index in [-0.39, 0.29) is 5.91 Å². The molecular weight excluding hydrogens is 240 g/mol. The van der Waals surface area contributed by atoms with Crippen molar-refractivity contribution in [1.82, 2.24) is 20.0 Å². The standard InChI is InChI=1S/C14H24N4O/c1-3-9-18(11-12-4-7-15-8-5-12)14(19)13-6-10-17(2)16-13/h6,10,12,15H,3-5,7-9,11H2,1-2H3. The van der Waals surface area contributed by atoms with Crippen molar-refractivity contribution in [2.24, 2.45) is 13.0 Å². The smallest absolute Gasteiger partial charge is 0.274 e. The molecule has 1 aliphatic heterocycles. The lowest BCUT2D eigenvalue weighted by atomic mass is 9.97. The minimum absolute atomic E-state index is 0.0704. The van der Waals surface area contributed by atoms with Gasteiger partial charge in [-0.15, -0.1) is 0 Å². The normalized spacial score (nSPS) is 16.5. The van der Waals surface area contributed by atoms with E-state index in [9.17, 15) is 4.79 Å². The van der Waals surface area contributed by atoms with Crippen molar-refractivity contribution in [2.45, 2.75) is 26.2 Å². The van der Waals surface area contributed by atoms with Gasteiger partial charge in [0.1, 0.15) is 5.69 Å². The molecule has 0 spiro atoms. The fourth-order valence-electron chi connectivity index (χ4n) is 2.61. The van der Waals surface area contributed by atoms with E-state index in [0.717, 1.165) is 45.4 Å². The Bertz CT molecular complexity index is 409. The van der Waals surface area contributed by atoms with E-state index >= 15 is 0 Å². The van der Waals surface area contributed by atoms with Crippen LogP contribution < -0.4 is 5.32 Å². The predicted molar refractivity (Wildman–Crippen MR) is 75.0 cm³/mol. The molecule has 1 aliphatic rings. The summed E-state index contributed by atoms with van der Waals surface area (Å²) in [4.78, 5) is 14.4. The highest BCUT2D eigenvalue weighted by molar-refractivity contribution is 5.92. The number of nitrogens with zero attached hydrogens (tertiary/aromatic N) is 3. The van der Waals surface area contributed by atoms with Gasteiger partial charge in [0.2, 0.25) is 0 Å². The summed E-state index contributed by atoms with van der Waals surface area (Å²) in [6, 6.07) is 1.80. The molecule has 0 radical (unpaired) electrons. The molecule has 1 amide bonds. The number of hydrogen-bond acceptors (Lipinski definition) is 3. The maximum atomic E-state index is 12.5. The first kappa shape index (κ1) is 14.1. The summed E-state index contributed by atoms with van der Waals surface area (Å²) in [5, 5.41) is 7.59. The van der Waals surface area contributed by atoms with E-state index in [4.69, 9.17) is 0 Å². The first-order valence-electron chi connectivity index (χ1n) is 7.20. The first-order chi connectivity index (χ1) is 9.20. The Kier molecular flexibility index (Phi) is 4.96. The first-order valence-corrected chi connectivity index (χ1v) is 7.20. The number of carbonyl (C=O) groups excluding carboxylic acids is 1. The lowest BCUT2D eigenvalue weighted by Gasteiger charge is -2.29. The molecule has 0 unspecified atom stereocenters. The number of aryl methyl sites for hydroxylation is 1. The highest BCUT2D eigenvalue weighted by Crippen LogP contribution is 2.15. The lowest BCUT2D eigenvalue weighted by Crippen LogP contribution is -2.40. The van der Waals surface area contributed by atoms with Crippen LogP contribution in [0, 0.1) is 5.92 Å². The second-order valence-electron chi connectivity index (χ2n) is 5.32. The summed E-state index contributed by atoms with van der Waals surface area (Å²) in [5.74, 6) is 0.696. The molecule has 1 aromatic rings. The van der Waals surface area contributed by atoms with Gasteiger partial charge < -0.3 is 10.2 Å². The molecule has 1 aromatic heterocycles. The minimum Gasteiger partial charge on any atom is -0.337 e. The van der Waals surface area contributed by atoms with Crippen molar-refractivity contribution in [3.63, 3.8) is 0 Å². The molecule has 2 rings (SSSR count). The number of amides is 1. The van der Waals surface area contributed by atoms with E-state index in [2.05, 4.69) is 17.3 Å². The van der Waals surface area contributed by atoms with Gasteiger partial charge in [0.05, 0.1) is 0 Å². The molecule has 0 aliphatic carbocycles. The molecule has 2 heterocycles. The summed E-state index contributed by atoms with van der Waals surface area (Å²) in [6.45, 7) is 5.94. The third-order valence-electron chi connectivity index (χ3n) is 3.65. The van der Waals surface area contributed by atoms with E-state index in [1.165, 1.54) is 0 Å². The van der Waals surface area contributed by atoms with Gasteiger partial charge in [-0.25, -0.2) is 0 Å². The Hall–Kier alpha value is -1.36. The van der Waals surface area contributed by atoms with Crippen molar-refractivity contribution >= 4 is 5.91 Å². The van der Waals surface area contributed by atoms with E-state index < -0.39 is 0 Å². The van der Waals surface area contributed by atoms with Crippen LogP contribution in [0.1, 0.15) is 36.7 Å². The zero-order valence-electron chi connectivity index (χ0n) is 11.9. The van der Waals surface area contributed by atoms with Gasteiger partial charge in [-0.05, 0) is 44.3 Å². The van der Waals surface area contributed by atoms with Crippen LogP contribution in [0.25, 0.3) is 0 Å². The Morgan fingerprint density at radius 2 is 2.26 bits per heavy atom. The fourth-order valence-corrected chi connectivity index (χ4v) is 2.61. The molecule has 1 N–H and O–H groups in total. The SMILES string of the molecule is CCCN(CC1CCNCC1)C(=O)c1ccn(C)n1. The molecule has 0 aromatic carbocycles. The molecule has 19 heavy (non-hydrogen) atoms. The maximum Gasteiger partial charge on any atom is 0.274 e. The molecule has 0 saturated carbocycles. The fraction of sp³-hybridized carbons (Fsp3) is 0.714. The Morgan fingerprint density at radius 3 is 2.84 bits per heavy atom. The number of rotatable bonds is 5. The number of carbonyl (C=O) groups is 1. The quantitative estimate of drug-likeness (QED) is 0.871. The van der Waals surface area contributed by atoms with Gasteiger partial charge in [-0.2, -0.15) is 5.10 Å². The van der Waals surface area contributed by atoms with E-state index in [1.54, 1.807) is 10.7 Å². The molecule has 5 nitrogen and oxygen atoms in total. The second kappa shape index (κ2) is 6.70. The van der Waals surface area contributed by atoms with Crippen molar-refractivity contribution in [3.05, 3.63) is 18.0 Å². The molecule has 106 valence electrons. The Labute approximate surface area is 115 Å². The highest BCUT2D eigenvalue weighted by atomic mass is 16.2. The summed E-state index contributed by atoms with van der Waals surface area (Å²) >= 11 is 0. The monoisotopic (exact) mass is 264 g/mol. The van der Waals surface area contributed by atoms with Gasteiger partial charge >= 0.3 is 0 Å². The third-order valence-corrected chi connectivity index (χ3v) is 3.65. The molecule has 0 atom stereocenters. The van der Waals surface area contributed by atoms with Crippen LogP contribution in [0.4, 0.5) is 0 Å². The number of nitrogens with one attached hydrogen (secondary N) is 1. The summed E-state index contributed by atoms with van der Waals surface area (Å²) in [5.41, 5.74) is 0.560. The molecule has 5 heteroatoms. The summed E-state index contributed by atoms with van der Waals surface area (Å²) in [7, 11) is 1.84. The number of piperidine rings is 1. The zero-order chi connectivity index (χ0) is 13.7.